The smallest absolute Gasteiger partial charge is 0.0849 e. The molecule has 0 aliphatic heterocycles. The fraction of sp³-hybridized carbons (Fsp3) is 0.0769. The summed E-state index contributed by atoms with van der Waals surface area (Å²) in [5.41, 5.74) is 2.09. The number of anilines is 2. The lowest BCUT2D eigenvalue weighted by Crippen LogP contribution is -2.11. The lowest BCUT2D eigenvalue weighted by Gasteiger charge is -2.11. The number of nitrogens with one attached hydrogen (secondary N) is 2. The largest absolute Gasteiger partial charge is 0.368 e. The first-order valence-corrected chi connectivity index (χ1v) is 8.60. The van der Waals surface area contributed by atoms with E-state index in [2.05, 4.69) is 74.4 Å². The summed E-state index contributed by atoms with van der Waals surface area (Å²) in [6.45, 7) is 0.645. The molecule has 0 aliphatic carbocycles. The van der Waals surface area contributed by atoms with Crippen molar-refractivity contribution in [1.29, 1.82) is 0 Å². The van der Waals surface area contributed by atoms with E-state index < -0.39 is 0 Å². The summed E-state index contributed by atoms with van der Waals surface area (Å²) in [7, 11) is 0. The molecule has 0 spiro atoms. The third-order valence-electron chi connectivity index (χ3n) is 2.31. The summed E-state index contributed by atoms with van der Waals surface area (Å²) in [5, 5.41) is 6.62. The monoisotopic (exact) mass is 510 g/mol. The minimum Gasteiger partial charge on any atom is -0.368 e. The van der Waals surface area contributed by atoms with Crippen LogP contribution >= 0.6 is 63.7 Å². The van der Waals surface area contributed by atoms with Crippen molar-refractivity contribution >= 4 is 75.1 Å². The Bertz CT molecular complexity index is 495. The highest BCUT2D eigenvalue weighted by Gasteiger charge is 1.99. The predicted molar refractivity (Wildman–Crippen MR) is 95.8 cm³/mol. The molecule has 2 aromatic carbocycles. The van der Waals surface area contributed by atoms with Gasteiger partial charge < -0.3 is 10.6 Å². The van der Waals surface area contributed by atoms with Gasteiger partial charge in [-0.1, -0.05) is 63.7 Å². The van der Waals surface area contributed by atoms with Crippen LogP contribution in [-0.2, 0) is 0 Å². The molecule has 0 aliphatic rings. The van der Waals surface area contributed by atoms with Gasteiger partial charge in [0.2, 0.25) is 0 Å². The summed E-state index contributed by atoms with van der Waals surface area (Å²) < 4.78 is 4.15. The second-order valence-corrected chi connectivity index (χ2v) is 7.51. The molecule has 2 N–H and O–H groups in total. The van der Waals surface area contributed by atoms with E-state index in [1.54, 1.807) is 0 Å². The lowest BCUT2D eigenvalue weighted by molar-refractivity contribution is 1.21. The normalized spacial score (nSPS) is 10.3. The van der Waals surface area contributed by atoms with Gasteiger partial charge in [-0.15, -0.1) is 0 Å². The Morgan fingerprint density at radius 1 is 0.579 bits per heavy atom. The number of halogens is 4. The molecule has 0 heterocycles. The molecule has 0 saturated carbocycles. The molecule has 0 unspecified atom stereocenters. The number of hydrogen-bond acceptors (Lipinski definition) is 2. The molecule has 2 nitrogen and oxygen atoms in total. The average molecular weight is 514 g/mol. The van der Waals surface area contributed by atoms with E-state index in [0.717, 1.165) is 29.3 Å². The van der Waals surface area contributed by atoms with E-state index in [1.165, 1.54) is 0 Å². The Balaban J connectivity index is 1.96. The number of hydrogen-bond donors (Lipinski definition) is 2. The maximum atomic E-state index is 3.47. The number of benzene rings is 2. The first-order chi connectivity index (χ1) is 9.02. The molecule has 6 heteroatoms. The zero-order valence-electron chi connectivity index (χ0n) is 9.68. The van der Waals surface area contributed by atoms with Gasteiger partial charge >= 0.3 is 0 Å². The summed E-state index contributed by atoms with van der Waals surface area (Å²) >= 11 is 13.9. The van der Waals surface area contributed by atoms with Crippen LogP contribution in [0.2, 0.25) is 0 Å². The maximum absolute atomic E-state index is 3.47. The summed E-state index contributed by atoms with van der Waals surface area (Å²) in [4.78, 5) is 0. The first kappa shape index (κ1) is 15.4. The Morgan fingerprint density at radius 3 is 1.21 bits per heavy atom. The minimum absolute atomic E-state index is 0.645. The van der Waals surface area contributed by atoms with Crippen molar-refractivity contribution in [1.82, 2.24) is 0 Å². The van der Waals surface area contributed by atoms with Gasteiger partial charge in [-0.05, 0) is 36.4 Å². The van der Waals surface area contributed by atoms with Crippen LogP contribution < -0.4 is 10.6 Å². The molecule has 2 aromatic rings. The van der Waals surface area contributed by atoms with Crippen molar-refractivity contribution in [2.75, 3.05) is 17.3 Å². The highest BCUT2D eigenvalue weighted by atomic mass is 79.9. The third-order valence-corrected chi connectivity index (χ3v) is 4.14. The van der Waals surface area contributed by atoms with E-state index in [0.29, 0.717) is 6.67 Å². The van der Waals surface area contributed by atoms with Crippen molar-refractivity contribution in [3.05, 3.63) is 54.3 Å². The fourth-order valence-corrected chi connectivity index (χ4v) is 4.15. The van der Waals surface area contributed by atoms with Crippen LogP contribution in [0.25, 0.3) is 0 Å². The van der Waals surface area contributed by atoms with Crippen LogP contribution in [0.3, 0.4) is 0 Å². The average Bonchev–Trinajstić information content (AvgIpc) is 2.26. The fourth-order valence-electron chi connectivity index (χ4n) is 1.56. The first-order valence-electron chi connectivity index (χ1n) is 5.43. The maximum Gasteiger partial charge on any atom is 0.0849 e. The topological polar surface area (TPSA) is 24.1 Å². The van der Waals surface area contributed by atoms with E-state index in [4.69, 9.17) is 0 Å². The molecule has 0 bridgehead atoms. The Hall–Kier alpha value is -0.0400. The van der Waals surface area contributed by atoms with Gasteiger partial charge in [0, 0.05) is 29.3 Å². The van der Waals surface area contributed by atoms with Crippen LogP contribution in [0, 0.1) is 0 Å². The van der Waals surface area contributed by atoms with Crippen LogP contribution in [0.4, 0.5) is 11.4 Å². The lowest BCUT2D eigenvalue weighted by atomic mass is 10.3. The molecule has 19 heavy (non-hydrogen) atoms. The summed E-state index contributed by atoms with van der Waals surface area (Å²) in [5.74, 6) is 0. The summed E-state index contributed by atoms with van der Waals surface area (Å²) in [6.07, 6.45) is 0. The van der Waals surface area contributed by atoms with Crippen LogP contribution in [0.15, 0.2) is 54.3 Å². The molecule has 0 saturated heterocycles. The van der Waals surface area contributed by atoms with Crippen molar-refractivity contribution in [3.8, 4) is 0 Å². The van der Waals surface area contributed by atoms with Gasteiger partial charge in [0.25, 0.3) is 0 Å². The molecule has 0 aromatic heterocycles. The molecule has 100 valence electrons. The molecular weight excluding hydrogens is 504 g/mol. The van der Waals surface area contributed by atoms with E-state index in [9.17, 15) is 0 Å². The second kappa shape index (κ2) is 7.11. The highest BCUT2D eigenvalue weighted by molar-refractivity contribution is 9.11. The zero-order valence-corrected chi connectivity index (χ0v) is 16.0. The molecule has 0 radical (unpaired) electrons. The van der Waals surface area contributed by atoms with E-state index >= 15 is 0 Å². The predicted octanol–water partition coefficient (Wildman–Crippen LogP) is 6.22. The quantitative estimate of drug-likeness (QED) is 0.475. The Morgan fingerprint density at radius 2 is 0.895 bits per heavy atom. The van der Waals surface area contributed by atoms with Crippen molar-refractivity contribution in [3.63, 3.8) is 0 Å². The number of rotatable bonds is 4. The minimum atomic E-state index is 0.645. The van der Waals surface area contributed by atoms with Crippen LogP contribution in [-0.4, -0.2) is 6.67 Å². The molecule has 0 atom stereocenters. The molecule has 2 rings (SSSR count). The summed E-state index contributed by atoms with van der Waals surface area (Å²) in [6, 6.07) is 12.1. The van der Waals surface area contributed by atoms with Gasteiger partial charge in [-0.2, -0.15) is 0 Å². The highest BCUT2D eigenvalue weighted by Crippen LogP contribution is 2.24. The van der Waals surface area contributed by atoms with Crippen molar-refractivity contribution < 1.29 is 0 Å². The van der Waals surface area contributed by atoms with Gasteiger partial charge in [0.1, 0.15) is 0 Å². The van der Waals surface area contributed by atoms with Crippen LogP contribution in [0.1, 0.15) is 0 Å². The SMILES string of the molecule is Brc1cc(Br)cc(NCNc2cc(Br)cc(Br)c2)c1. The van der Waals surface area contributed by atoms with Crippen LogP contribution in [0.5, 0.6) is 0 Å². The van der Waals surface area contributed by atoms with Gasteiger partial charge in [-0.3, -0.25) is 0 Å². The third kappa shape index (κ3) is 5.10. The molecule has 0 amide bonds. The van der Waals surface area contributed by atoms with Crippen molar-refractivity contribution in [2.45, 2.75) is 0 Å². The molecule has 0 fully saturated rings. The van der Waals surface area contributed by atoms with E-state index in [-0.39, 0.29) is 0 Å². The Kier molecular flexibility index (Phi) is 5.74. The zero-order chi connectivity index (χ0) is 13.8. The van der Waals surface area contributed by atoms with Gasteiger partial charge in [0.15, 0.2) is 0 Å². The Labute approximate surface area is 145 Å². The molecular formula is C13H10Br4N2. The second-order valence-electron chi connectivity index (χ2n) is 3.85. The standard InChI is InChI=1S/C13H10Br4N2/c14-8-1-9(15)4-12(3-8)18-7-19-13-5-10(16)2-11(17)6-13/h1-6,18-19H,7H2. The van der Waals surface area contributed by atoms with E-state index in [1.807, 2.05) is 36.4 Å². The van der Waals surface area contributed by atoms with Gasteiger partial charge in [0.05, 0.1) is 6.67 Å². The van der Waals surface area contributed by atoms with Crippen molar-refractivity contribution in [2.24, 2.45) is 0 Å². The van der Waals surface area contributed by atoms with Gasteiger partial charge in [-0.25, -0.2) is 0 Å².